The van der Waals surface area contributed by atoms with Crippen molar-refractivity contribution in [2.75, 3.05) is 6.61 Å². The third kappa shape index (κ3) is 44.2. The summed E-state index contributed by atoms with van der Waals surface area (Å²) in [5.41, 5.74) is 0. The number of carbonyl (C=O) groups excluding carboxylic acids is 2. The van der Waals surface area contributed by atoms with Crippen LogP contribution in [0.15, 0.2) is 60.8 Å². The molecule has 3 N–H and O–H groups in total. The summed E-state index contributed by atoms with van der Waals surface area (Å²) in [5.74, 6) is -0.520. The number of ether oxygens (including phenoxy) is 1. The molecule has 62 heavy (non-hydrogen) atoms. The van der Waals surface area contributed by atoms with Crippen molar-refractivity contribution < 1.29 is 24.5 Å². The zero-order valence-corrected chi connectivity index (χ0v) is 41.0. The highest BCUT2D eigenvalue weighted by molar-refractivity contribution is 5.77. The first-order valence-electron chi connectivity index (χ1n) is 26.6. The first-order valence-corrected chi connectivity index (χ1v) is 26.6. The number of allylic oxidation sites excluding steroid dienone is 10. The lowest BCUT2D eigenvalue weighted by Crippen LogP contribution is -2.46. The SMILES string of the molecule is CC/C=C/C=C/C=C\C=C/CCCCCC(=O)OC(CCCCCCCCC/C=C/CCCCCCCC)CC(=O)NC(CO)C(O)CCCCCCCCCCCCCCC. The number of aliphatic hydroxyl groups excluding tert-OH is 2. The van der Waals surface area contributed by atoms with Gasteiger partial charge in [-0.15, -0.1) is 0 Å². The average molecular weight is 868 g/mol. The number of unbranched alkanes of at least 4 members (excludes halogenated alkanes) is 28. The van der Waals surface area contributed by atoms with Crippen LogP contribution in [0.5, 0.6) is 0 Å². The highest BCUT2D eigenvalue weighted by Crippen LogP contribution is 2.18. The van der Waals surface area contributed by atoms with Gasteiger partial charge < -0.3 is 20.3 Å². The van der Waals surface area contributed by atoms with E-state index in [4.69, 9.17) is 4.74 Å². The Balaban J connectivity index is 4.63. The summed E-state index contributed by atoms with van der Waals surface area (Å²) in [7, 11) is 0. The van der Waals surface area contributed by atoms with Gasteiger partial charge in [-0.05, 0) is 70.6 Å². The Morgan fingerprint density at radius 1 is 0.484 bits per heavy atom. The topological polar surface area (TPSA) is 95.9 Å². The number of amides is 1. The van der Waals surface area contributed by atoms with Crippen molar-refractivity contribution >= 4 is 11.9 Å². The lowest BCUT2D eigenvalue weighted by Gasteiger charge is -2.24. The third-order valence-electron chi connectivity index (χ3n) is 11.9. The maximum absolute atomic E-state index is 13.2. The molecule has 0 rings (SSSR count). The lowest BCUT2D eigenvalue weighted by molar-refractivity contribution is -0.151. The predicted octanol–water partition coefficient (Wildman–Crippen LogP) is 16.0. The number of esters is 1. The van der Waals surface area contributed by atoms with Crippen molar-refractivity contribution in [2.24, 2.45) is 0 Å². The third-order valence-corrected chi connectivity index (χ3v) is 11.9. The number of carbonyl (C=O) groups is 2. The second kappa shape index (κ2) is 49.6. The van der Waals surface area contributed by atoms with Gasteiger partial charge in [-0.1, -0.05) is 236 Å². The first kappa shape index (κ1) is 59.6. The van der Waals surface area contributed by atoms with Crippen LogP contribution in [0.25, 0.3) is 0 Å². The number of aliphatic hydroxyl groups is 2. The van der Waals surface area contributed by atoms with Crippen LogP contribution in [0, 0.1) is 0 Å². The summed E-state index contributed by atoms with van der Waals surface area (Å²) in [4.78, 5) is 26.2. The maximum atomic E-state index is 13.2. The summed E-state index contributed by atoms with van der Waals surface area (Å²) in [6.45, 7) is 6.34. The molecule has 6 heteroatoms. The molecule has 6 nitrogen and oxygen atoms in total. The molecule has 0 heterocycles. The van der Waals surface area contributed by atoms with Crippen LogP contribution in [-0.2, 0) is 14.3 Å². The van der Waals surface area contributed by atoms with Gasteiger partial charge in [0.05, 0.1) is 25.2 Å². The molecule has 0 saturated carbocycles. The summed E-state index contributed by atoms with van der Waals surface area (Å²) in [6, 6.07) is -0.712. The Bertz CT molecular complexity index is 1110. The van der Waals surface area contributed by atoms with Crippen LogP contribution in [0.2, 0.25) is 0 Å². The van der Waals surface area contributed by atoms with Gasteiger partial charge in [-0.25, -0.2) is 0 Å². The molecule has 3 atom stereocenters. The van der Waals surface area contributed by atoms with E-state index in [1.807, 2.05) is 24.3 Å². The molecule has 360 valence electrons. The lowest BCUT2D eigenvalue weighted by atomic mass is 10.0. The van der Waals surface area contributed by atoms with Gasteiger partial charge in [0.15, 0.2) is 0 Å². The molecule has 3 unspecified atom stereocenters. The average Bonchev–Trinajstić information content (AvgIpc) is 3.26. The highest BCUT2D eigenvalue weighted by Gasteiger charge is 2.24. The minimum atomic E-state index is -0.797. The van der Waals surface area contributed by atoms with E-state index < -0.39 is 18.2 Å². The van der Waals surface area contributed by atoms with E-state index in [1.54, 1.807) is 0 Å². The Labute approximate surface area is 384 Å². The van der Waals surface area contributed by atoms with Crippen LogP contribution in [0.3, 0.4) is 0 Å². The Hall–Kier alpha value is -2.44. The summed E-state index contributed by atoms with van der Waals surface area (Å²) < 4.78 is 5.92. The van der Waals surface area contributed by atoms with E-state index in [0.717, 1.165) is 70.6 Å². The van der Waals surface area contributed by atoms with Gasteiger partial charge in [0.25, 0.3) is 0 Å². The summed E-state index contributed by atoms with van der Waals surface area (Å²) in [5, 5.41) is 23.8. The molecule has 0 aromatic carbocycles. The number of rotatable bonds is 47. The molecule has 0 aromatic rings. The van der Waals surface area contributed by atoms with E-state index in [9.17, 15) is 19.8 Å². The Morgan fingerprint density at radius 2 is 0.887 bits per heavy atom. The van der Waals surface area contributed by atoms with Gasteiger partial charge in [0, 0.05) is 6.42 Å². The fourth-order valence-electron chi connectivity index (χ4n) is 7.91. The van der Waals surface area contributed by atoms with Gasteiger partial charge in [-0.3, -0.25) is 9.59 Å². The van der Waals surface area contributed by atoms with Crippen molar-refractivity contribution in [3.63, 3.8) is 0 Å². The molecule has 0 aliphatic rings. The minimum absolute atomic E-state index is 0.0580. The molecule has 0 spiro atoms. The van der Waals surface area contributed by atoms with Gasteiger partial charge in [0.2, 0.25) is 5.91 Å². The van der Waals surface area contributed by atoms with E-state index >= 15 is 0 Å². The standard InChI is InChI=1S/C56H101NO5/c1-4-7-10-13-16-19-22-25-26-27-28-31-32-35-38-41-44-47-52(62-56(61)49-46-43-40-37-34-30-24-21-18-15-12-9-6-3)50-55(60)57-53(51-58)54(59)48-45-42-39-36-33-29-23-20-17-14-11-8-5-2/h9,12,15,18,21,24-26,30,34,52-54,58-59H,4-8,10-11,13-14,16-17,19-20,22-23,27-29,31-33,35-51H2,1-3H3,(H,57,60)/b12-9+,18-15+,24-21-,26-25+,34-30-. The molecule has 0 aliphatic carbocycles. The van der Waals surface area contributed by atoms with Crippen molar-refractivity contribution in [3.8, 4) is 0 Å². The fourth-order valence-corrected chi connectivity index (χ4v) is 7.91. The smallest absolute Gasteiger partial charge is 0.306 e. The van der Waals surface area contributed by atoms with Crippen LogP contribution < -0.4 is 5.32 Å². The molecule has 0 radical (unpaired) electrons. The second-order valence-electron chi connectivity index (χ2n) is 18.0. The highest BCUT2D eigenvalue weighted by atomic mass is 16.5. The van der Waals surface area contributed by atoms with Crippen molar-refractivity contribution in [1.29, 1.82) is 0 Å². The predicted molar refractivity (Wildman–Crippen MR) is 268 cm³/mol. The van der Waals surface area contributed by atoms with Crippen molar-refractivity contribution in [3.05, 3.63) is 60.8 Å². The van der Waals surface area contributed by atoms with Crippen LogP contribution in [-0.4, -0.2) is 46.9 Å². The zero-order valence-electron chi connectivity index (χ0n) is 41.0. The molecule has 0 saturated heterocycles. The molecular formula is C56H101NO5. The van der Waals surface area contributed by atoms with E-state index in [2.05, 4.69) is 62.5 Å². The summed E-state index contributed by atoms with van der Waals surface area (Å²) in [6.07, 6.45) is 61.4. The minimum Gasteiger partial charge on any atom is -0.462 e. The van der Waals surface area contributed by atoms with Gasteiger partial charge >= 0.3 is 5.97 Å². The maximum Gasteiger partial charge on any atom is 0.306 e. The van der Waals surface area contributed by atoms with Gasteiger partial charge in [0.1, 0.15) is 6.10 Å². The normalized spacial score (nSPS) is 13.7. The number of hydrogen-bond donors (Lipinski definition) is 3. The van der Waals surface area contributed by atoms with E-state index in [0.29, 0.717) is 19.3 Å². The van der Waals surface area contributed by atoms with Crippen LogP contribution in [0.1, 0.15) is 258 Å². The monoisotopic (exact) mass is 868 g/mol. The Morgan fingerprint density at radius 3 is 1.37 bits per heavy atom. The first-order chi connectivity index (χ1) is 30.5. The molecule has 0 bridgehead atoms. The number of nitrogens with one attached hydrogen (secondary N) is 1. The largest absolute Gasteiger partial charge is 0.462 e. The van der Waals surface area contributed by atoms with E-state index in [1.165, 1.54) is 141 Å². The molecule has 0 aromatic heterocycles. The molecule has 1 amide bonds. The second-order valence-corrected chi connectivity index (χ2v) is 18.0. The van der Waals surface area contributed by atoms with Crippen molar-refractivity contribution in [1.82, 2.24) is 5.32 Å². The van der Waals surface area contributed by atoms with Crippen molar-refractivity contribution in [2.45, 2.75) is 277 Å². The molecule has 0 aliphatic heterocycles. The Kier molecular flexibility index (Phi) is 47.6. The molecule has 0 fully saturated rings. The van der Waals surface area contributed by atoms with Gasteiger partial charge in [-0.2, -0.15) is 0 Å². The zero-order chi connectivity index (χ0) is 45.2. The van der Waals surface area contributed by atoms with E-state index in [-0.39, 0.29) is 24.9 Å². The molecular weight excluding hydrogens is 767 g/mol. The van der Waals surface area contributed by atoms with Crippen LogP contribution in [0.4, 0.5) is 0 Å². The number of hydrogen-bond acceptors (Lipinski definition) is 5. The summed E-state index contributed by atoms with van der Waals surface area (Å²) >= 11 is 0. The quantitative estimate of drug-likeness (QED) is 0.0245. The van der Waals surface area contributed by atoms with Crippen LogP contribution >= 0.6 is 0 Å². The fraction of sp³-hybridized carbons (Fsp3) is 0.786.